The molecule has 0 radical (unpaired) electrons. The molecule has 1 N–H and O–H groups in total. The van der Waals surface area contributed by atoms with Gasteiger partial charge in [-0.25, -0.2) is 4.99 Å². The van der Waals surface area contributed by atoms with Crippen molar-refractivity contribution in [2.75, 3.05) is 0 Å². The minimum Gasteiger partial charge on any atom is -0.329 e. The molecule has 3 nitrogen and oxygen atoms in total. The fraction of sp³-hybridized carbons (Fsp3) is 0.364. The number of nitrogens with zero attached hydrogens (tertiary/aromatic N) is 2. The molecule has 0 atom stereocenters. The lowest BCUT2D eigenvalue weighted by Gasteiger charge is -2.39. The van der Waals surface area contributed by atoms with Gasteiger partial charge in [0.1, 0.15) is 11.7 Å². The summed E-state index contributed by atoms with van der Waals surface area (Å²) in [5.41, 5.74) is 1.16. The zero-order valence-corrected chi connectivity index (χ0v) is 8.83. The maximum absolute atomic E-state index is 4.19. The summed E-state index contributed by atoms with van der Waals surface area (Å²) in [6.45, 7) is 10.4. The molecule has 0 spiro atoms. The second-order valence-corrected chi connectivity index (χ2v) is 4.49. The Morgan fingerprint density at radius 3 is 2.79 bits per heavy atom. The molecule has 2 aliphatic heterocycles. The first-order valence-electron chi connectivity index (χ1n) is 4.70. The molecule has 0 amide bonds. The van der Waals surface area contributed by atoms with Gasteiger partial charge in [-0.2, -0.15) is 0 Å². The third-order valence-corrected chi connectivity index (χ3v) is 2.28. The lowest BCUT2D eigenvalue weighted by Crippen LogP contribution is -2.45. The van der Waals surface area contributed by atoms with Crippen LogP contribution < -0.4 is 5.32 Å². The Morgan fingerprint density at radius 1 is 1.43 bits per heavy atom. The molecule has 2 rings (SSSR count). The summed E-state index contributed by atoms with van der Waals surface area (Å²) in [5, 5.41) is 3.19. The molecule has 0 fully saturated rings. The van der Waals surface area contributed by atoms with E-state index in [4.69, 9.17) is 0 Å². The van der Waals surface area contributed by atoms with Crippen molar-refractivity contribution in [1.82, 2.24) is 10.2 Å². The van der Waals surface area contributed by atoms with Crippen molar-refractivity contribution in [2.45, 2.75) is 26.3 Å². The van der Waals surface area contributed by atoms with E-state index in [1.807, 2.05) is 6.08 Å². The van der Waals surface area contributed by atoms with Crippen molar-refractivity contribution < 1.29 is 0 Å². The molecule has 0 unspecified atom stereocenters. The summed E-state index contributed by atoms with van der Waals surface area (Å²) in [6, 6.07) is 0. The smallest absolute Gasteiger partial charge is 0.140 e. The van der Waals surface area contributed by atoms with Crippen molar-refractivity contribution in [3.8, 4) is 0 Å². The van der Waals surface area contributed by atoms with E-state index < -0.39 is 0 Å². The molecule has 0 saturated carbocycles. The van der Waals surface area contributed by atoms with Crippen LogP contribution in [0.4, 0.5) is 0 Å². The topological polar surface area (TPSA) is 27.6 Å². The van der Waals surface area contributed by atoms with Gasteiger partial charge in [-0.15, -0.1) is 0 Å². The van der Waals surface area contributed by atoms with Crippen LogP contribution in [0.15, 0.2) is 41.4 Å². The second kappa shape index (κ2) is 2.74. The average molecular weight is 189 g/mol. The number of fused-ring (bicyclic) bond motifs is 1. The van der Waals surface area contributed by atoms with Gasteiger partial charge in [0.15, 0.2) is 0 Å². The summed E-state index contributed by atoms with van der Waals surface area (Å²) >= 11 is 0. The van der Waals surface area contributed by atoms with Gasteiger partial charge in [0.25, 0.3) is 0 Å². The first kappa shape index (κ1) is 9.06. The van der Waals surface area contributed by atoms with Crippen LogP contribution in [0.5, 0.6) is 0 Å². The van der Waals surface area contributed by atoms with Gasteiger partial charge >= 0.3 is 0 Å². The maximum Gasteiger partial charge on any atom is 0.140 e. The van der Waals surface area contributed by atoms with Gasteiger partial charge in [0, 0.05) is 23.5 Å². The summed E-state index contributed by atoms with van der Waals surface area (Å²) in [7, 11) is 0. The highest BCUT2D eigenvalue weighted by molar-refractivity contribution is 6.04. The zero-order chi connectivity index (χ0) is 10.3. The fourth-order valence-corrected chi connectivity index (χ4v) is 1.57. The number of rotatable bonds is 0. The number of hydrogen-bond donors (Lipinski definition) is 1. The molecular formula is C11H15N3. The number of nitrogens with one attached hydrogen (secondary N) is 1. The van der Waals surface area contributed by atoms with E-state index in [-0.39, 0.29) is 5.54 Å². The third-order valence-electron chi connectivity index (χ3n) is 2.28. The molecule has 2 heterocycles. The standard InChI is InChI=1S/C11H15N3/c1-8-13-10-9(5-6-12-10)7-14(8)11(2,3)4/h5-7H,1H2,2-4H3,(H,12,13). The predicted octanol–water partition coefficient (Wildman–Crippen LogP) is 1.97. The van der Waals surface area contributed by atoms with E-state index in [2.05, 4.69) is 48.8 Å². The zero-order valence-electron chi connectivity index (χ0n) is 8.83. The van der Waals surface area contributed by atoms with Crippen LogP contribution in [0.1, 0.15) is 20.8 Å². The molecule has 0 saturated heterocycles. The van der Waals surface area contributed by atoms with E-state index in [1.165, 1.54) is 0 Å². The average Bonchev–Trinajstić information content (AvgIpc) is 2.47. The Kier molecular flexibility index (Phi) is 1.77. The summed E-state index contributed by atoms with van der Waals surface area (Å²) in [5.74, 6) is 1.78. The normalized spacial score (nSPS) is 20.2. The van der Waals surface area contributed by atoms with Gasteiger partial charge in [-0.3, -0.25) is 0 Å². The van der Waals surface area contributed by atoms with E-state index in [1.54, 1.807) is 6.20 Å². The summed E-state index contributed by atoms with van der Waals surface area (Å²) in [6.07, 6.45) is 5.88. The molecular weight excluding hydrogens is 174 g/mol. The Hall–Kier alpha value is -1.51. The lowest BCUT2D eigenvalue weighted by atomic mass is 10.0. The van der Waals surface area contributed by atoms with Crippen molar-refractivity contribution in [2.24, 2.45) is 4.99 Å². The van der Waals surface area contributed by atoms with E-state index in [0.717, 1.165) is 17.2 Å². The molecule has 3 heteroatoms. The molecule has 0 aromatic rings. The fourth-order valence-electron chi connectivity index (χ4n) is 1.57. The van der Waals surface area contributed by atoms with Gasteiger partial charge in [0.2, 0.25) is 0 Å². The van der Waals surface area contributed by atoms with Crippen molar-refractivity contribution in [3.63, 3.8) is 0 Å². The Balaban J connectivity index is 2.37. The first-order valence-corrected chi connectivity index (χ1v) is 4.70. The highest BCUT2D eigenvalue weighted by atomic mass is 15.3. The van der Waals surface area contributed by atoms with Crippen molar-refractivity contribution in [3.05, 3.63) is 36.4 Å². The van der Waals surface area contributed by atoms with Crippen LogP contribution in [0.25, 0.3) is 0 Å². The Morgan fingerprint density at radius 2 is 2.14 bits per heavy atom. The quantitative estimate of drug-likeness (QED) is 0.631. The monoisotopic (exact) mass is 189 g/mol. The van der Waals surface area contributed by atoms with Crippen molar-refractivity contribution >= 4 is 5.84 Å². The van der Waals surface area contributed by atoms with Crippen LogP contribution in [0.2, 0.25) is 0 Å². The molecule has 14 heavy (non-hydrogen) atoms. The summed E-state index contributed by atoms with van der Waals surface area (Å²) < 4.78 is 0. The van der Waals surface area contributed by atoms with Gasteiger partial charge in [0.05, 0.1) is 0 Å². The van der Waals surface area contributed by atoms with E-state index >= 15 is 0 Å². The second-order valence-electron chi connectivity index (χ2n) is 4.49. The Labute approximate surface area is 84.5 Å². The third kappa shape index (κ3) is 1.35. The highest BCUT2D eigenvalue weighted by Crippen LogP contribution is 2.24. The van der Waals surface area contributed by atoms with Crippen molar-refractivity contribution in [1.29, 1.82) is 0 Å². The predicted molar refractivity (Wildman–Crippen MR) is 58.5 cm³/mol. The van der Waals surface area contributed by atoms with E-state index in [0.29, 0.717) is 0 Å². The minimum absolute atomic E-state index is 0.0407. The van der Waals surface area contributed by atoms with Crippen LogP contribution in [0, 0.1) is 0 Å². The number of amidine groups is 1. The van der Waals surface area contributed by atoms with E-state index in [9.17, 15) is 0 Å². The van der Waals surface area contributed by atoms with Gasteiger partial charge < -0.3 is 10.2 Å². The van der Waals surface area contributed by atoms with Crippen LogP contribution >= 0.6 is 0 Å². The van der Waals surface area contributed by atoms with Crippen LogP contribution in [-0.2, 0) is 0 Å². The lowest BCUT2D eigenvalue weighted by molar-refractivity contribution is 0.247. The molecule has 2 aliphatic rings. The maximum atomic E-state index is 4.19. The highest BCUT2D eigenvalue weighted by Gasteiger charge is 2.27. The molecule has 0 bridgehead atoms. The molecule has 0 aliphatic carbocycles. The first-order chi connectivity index (χ1) is 6.48. The number of hydrogen-bond acceptors (Lipinski definition) is 3. The Bertz CT molecular complexity index is 366. The molecule has 0 aromatic heterocycles. The molecule has 0 aromatic carbocycles. The van der Waals surface area contributed by atoms with Crippen LogP contribution in [-0.4, -0.2) is 16.3 Å². The van der Waals surface area contributed by atoms with Gasteiger partial charge in [-0.1, -0.05) is 6.58 Å². The van der Waals surface area contributed by atoms with Gasteiger partial charge in [-0.05, 0) is 26.8 Å². The van der Waals surface area contributed by atoms with Crippen LogP contribution in [0.3, 0.4) is 0 Å². The number of aliphatic imine (C=N–C) groups is 1. The SMILES string of the molecule is C=C1NC2=NC=CC2=CN1C(C)(C)C. The minimum atomic E-state index is 0.0407. The largest absolute Gasteiger partial charge is 0.329 e. The molecule has 74 valence electrons. The summed E-state index contributed by atoms with van der Waals surface area (Å²) in [4.78, 5) is 6.32.